The van der Waals surface area contributed by atoms with E-state index in [-0.39, 0.29) is 23.2 Å². The molecule has 1 aromatic heterocycles. The molecule has 0 aliphatic heterocycles. The van der Waals surface area contributed by atoms with E-state index in [1.807, 2.05) is 36.6 Å². The third kappa shape index (κ3) is 4.82. The summed E-state index contributed by atoms with van der Waals surface area (Å²) in [6.07, 6.45) is 1.74. The Kier molecular flexibility index (Phi) is 6.98. The van der Waals surface area contributed by atoms with Crippen LogP contribution in [0.3, 0.4) is 0 Å². The molecule has 0 N–H and O–H groups in total. The van der Waals surface area contributed by atoms with Crippen LogP contribution >= 0.6 is 11.6 Å². The van der Waals surface area contributed by atoms with Crippen molar-refractivity contribution < 1.29 is 23.0 Å². The van der Waals surface area contributed by atoms with Gasteiger partial charge in [0, 0.05) is 17.3 Å². The normalized spacial score (nSPS) is 11.4. The first-order chi connectivity index (χ1) is 16.8. The molecule has 4 aromatic rings. The summed E-state index contributed by atoms with van der Waals surface area (Å²) in [6.45, 7) is 4.04. The monoisotopic (exact) mass is 498 g/mol. The number of benzene rings is 3. The largest absolute Gasteiger partial charge is 0.493 e. The second-order valence-corrected chi connectivity index (χ2v) is 8.81. The van der Waals surface area contributed by atoms with Crippen LogP contribution in [0.15, 0.2) is 66.9 Å². The van der Waals surface area contributed by atoms with Crippen LogP contribution in [0.2, 0.25) is 5.02 Å². The number of aromatic nitrogens is 2. The van der Waals surface area contributed by atoms with Crippen molar-refractivity contribution >= 4 is 11.6 Å². The lowest BCUT2D eigenvalue weighted by Gasteiger charge is -2.28. The molecule has 0 aliphatic rings. The predicted octanol–water partition coefficient (Wildman–Crippen LogP) is 6.73. The van der Waals surface area contributed by atoms with Crippen LogP contribution in [0.1, 0.15) is 30.9 Å². The Hall–Kier alpha value is -3.58. The first kappa shape index (κ1) is 24.5. The quantitative estimate of drug-likeness (QED) is 0.270. The van der Waals surface area contributed by atoms with E-state index in [0.29, 0.717) is 23.0 Å². The molecule has 0 spiro atoms. The van der Waals surface area contributed by atoms with Gasteiger partial charge in [-0.1, -0.05) is 37.6 Å². The number of nitrogens with zero attached hydrogens (tertiary/aromatic N) is 2. The third-order valence-corrected chi connectivity index (χ3v) is 6.23. The highest BCUT2D eigenvalue weighted by Crippen LogP contribution is 2.38. The van der Waals surface area contributed by atoms with Gasteiger partial charge in [0.15, 0.2) is 28.9 Å². The van der Waals surface area contributed by atoms with Crippen LogP contribution in [-0.4, -0.2) is 23.8 Å². The molecule has 0 saturated carbocycles. The number of hydrogen-bond acceptors (Lipinski definition) is 4. The van der Waals surface area contributed by atoms with Crippen LogP contribution in [0.5, 0.6) is 17.2 Å². The zero-order valence-electron chi connectivity index (χ0n) is 19.8. The molecule has 0 saturated heterocycles. The summed E-state index contributed by atoms with van der Waals surface area (Å²) in [5.41, 5.74) is 1.89. The molecule has 3 aromatic carbocycles. The molecule has 0 fully saturated rings. The molecular weight excluding hydrogens is 474 g/mol. The minimum Gasteiger partial charge on any atom is -0.493 e. The van der Waals surface area contributed by atoms with E-state index < -0.39 is 11.2 Å². The number of rotatable bonds is 8. The molecule has 4 rings (SSSR count). The highest BCUT2D eigenvalue weighted by molar-refractivity contribution is 6.32. The molecule has 0 aliphatic carbocycles. The number of imidazole rings is 1. The number of methoxy groups -OCH3 is 2. The lowest BCUT2D eigenvalue weighted by atomic mass is 9.81. The Morgan fingerprint density at radius 3 is 2.31 bits per heavy atom. The Morgan fingerprint density at radius 2 is 1.66 bits per heavy atom. The summed E-state index contributed by atoms with van der Waals surface area (Å²) in [6, 6.07) is 16.1. The van der Waals surface area contributed by atoms with Gasteiger partial charge in [-0.3, -0.25) is 4.57 Å². The van der Waals surface area contributed by atoms with Crippen molar-refractivity contribution in [3.05, 3.63) is 101 Å². The van der Waals surface area contributed by atoms with Crippen molar-refractivity contribution in [3.63, 3.8) is 0 Å². The smallest absolute Gasteiger partial charge is 0.174 e. The van der Waals surface area contributed by atoms with Gasteiger partial charge >= 0.3 is 0 Å². The minimum absolute atomic E-state index is 0.0523. The van der Waals surface area contributed by atoms with Crippen molar-refractivity contribution in [2.24, 2.45) is 0 Å². The average molecular weight is 499 g/mol. The molecule has 0 unspecified atom stereocenters. The summed E-state index contributed by atoms with van der Waals surface area (Å²) in [4.78, 5) is 4.58. The van der Waals surface area contributed by atoms with Crippen LogP contribution in [0, 0.1) is 11.6 Å². The molecule has 1 heterocycles. The van der Waals surface area contributed by atoms with Crippen molar-refractivity contribution in [1.82, 2.24) is 9.55 Å². The maximum atomic E-state index is 14.3. The molecule has 35 heavy (non-hydrogen) atoms. The average Bonchev–Trinajstić information content (AvgIpc) is 3.28. The second-order valence-electron chi connectivity index (χ2n) is 8.41. The van der Waals surface area contributed by atoms with Gasteiger partial charge in [0.05, 0.1) is 24.9 Å². The molecule has 8 heteroatoms. The Balaban J connectivity index is 1.80. The molecule has 5 nitrogen and oxygen atoms in total. The SMILES string of the molecule is COc1ccc(C(C)(C)c2cnc(COc3c(F)cccc3Cl)n2-c2ccc(F)cc2)cc1OC. The summed E-state index contributed by atoms with van der Waals surface area (Å²) < 4.78 is 46.5. The fourth-order valence-electron chi connectivity index (χ4n) is 3.94. The van der Waals surface area contributed by atoms with Crippen LogP contribution in [-0.2, 0) is 12.0 Å². The zero-order valence-corrected chi connectivity index (χ0v) is 20.6. The summed E-state index contributed by atoms with van der Waals surface area (Å²) in [7, 11) is 3.17. The number of para-hydroxylation sites is 1. The first-order valence-electron chi connectivity index (χ1n) is 10.9. The van der Waals surface area contributed by atoms with E-state index in [2.05, 4.69) is 4.98 Å². The lowest BCUT2D eigenvalue weighted by molar-refractivity contribution is 0.279. The van der Waals surface area contributed by atoms with Gasteiger partial charge in [-0.25, -0.2) is 13.8 Å². The summed E-state index contributed by atoms with van der Waals surface area (Å²) >= 11 is 6.13. The summed E-state index contributed by atoms with van der Waals surface area (Å²) in [5, 5.41) is 0.163. The Labute approximate surface area is 207 Å². The van der Waals surface area contributed by atoms with E-state index in [1.54, 1.807) is 38.6 Å². The van der Waals surface area contributed by atoms with Crippen molar-refractivity contribution in [3.8, 4) is 22.9 Å². The second kappa shape index (κ2) is 9.96. The highest BCUT2D eigenvalue weighted by atomic mass is 35.5. The van der Waals surface area contributed by atoms with Gasteiger partial charge in [-0.15, -0.1) is 0 Å². The third-order valence-electron chi connectivity index (χ3n) is 5.93. The van der Waals surface area contributed by atoms with Crippen molar-refractivity contribution in [2.75, 3.05) is 14.2 Å². The van der Waals surface area contributed by atoms with Gasteiger partial charge < -0.3 is 14.2 Å². The van der Waals surface area contributed by atoms with E-state index in [1.165, 1.54) is 24.3 Å². The summed E-state index contributed by atoms with van der Waals surface area (Å²) in [5.74, 6) is 0.746. The number of hydrogen-bond donors (Lipinski definition) is 0. The highest BCUT2D eigenvalue weighted by Gasteiger charge is 2.30. The standard InChI is InChI=1S/C27H25ClF2N2O3/c1-27(2,17-8-13-22(33-3)23(14-17)34-4)24-15-31-25(32(24)19-11-9-18(29)10-12-19)16-35-26-20(28)6-5-7-21(26)30/h5-15H,16H2,1-4H3. The van der Waals surface area contributed by atoms with Crippen molar-refractivity contribution in [1.29, 1.82) is 0 Å². The number of halogens is 3. The van der Waals surface area contributed by atoms with E-state index in [4.69, 9.17) is 25.8 Å². The molecular formula is C27H25ClF2N2O3. The first-order valence-corrected chi connectivity index (χ1v) is 11.3. The fraction of sp³-hybridized carbons (Fsp3) is 0.222. The molecule has 0 bridgehead atoms. The van der Waals surface area contributed by atoms with Gasteiger partial charge in [0.1, 0.15) is 12.4 Å². The Morgan fingerprint density at radius 1 is 0.943 bits per heavy atom. The molecule has 0 atom stereocenters. The van der Waals surface area contributed by atoms with E-state index in [9.17, 15) is 8.78 Å². The topological polar surface area (TPSA) is 45.5 Å². The van der Waals surface area contributed by atoms with Gasteiger partial charge in [-0.05, 0) is 54.1 Å². The molecule has 0 radical (unpaired) electrons. The van der Waals surface area contributed by atoms with Crippen LogP contribution in [0.25, 0.3) is 5.69 Å². The van der Waals surface area contributed by atoms with Crippen LogP contribution < -0.4 is 14.2 Å². The van der Waals surface area contributed by atoms with Gasteiger partial charge in [0.25, 0.3) is 0 Å². The molecule has 182 valence electrons. The van der Waals surface area contributed by atoms with Gasteiger partial charge in [-0.2, -0.15) is 0 Å². The van der Waals surface area contributed by atoms with Crippen LogP contribution in [0.4, 0.5) is 8.78 Å². The maximum Gasteiger partial charge on any atom is 0.174 e. The van der Waals surface area contributed by atoms with E-state index in [0.717, 1.165) is 11.3 Å². The zero-order chi connectivity index (χ0) is 25.2. The molecule has 0 amide bonds. The maximum absolute atomic E-state index is 14.3. The Bertz CT molecular complexity index is 1320. The lowest BCUT2D eigenvalue weighted by Crippen LogP contribution is -2.24. The fourth-order valence-corrected chi connectivity index (χ4v) is 4.16. The minimum atomic E-state index is -0.566. The van der Waals surface area contributed by atoms with Gasteiger partial charge in [0.2, 0.25) is 0 Å². The van der Waals surface area contributed by atoms with E-state index >= 15 is 0 Å². The number of ether oxygens (including phenoxy) is 3. The predicted molar refractivity (Wildman–Crippen MR) is 131 cm³/mol. The van der Waals surface area contributed by atoms with Crippen molar-refractivity contribution in [2.45, 2.75) is 25.9 Å².